The van der Waals surface area contributed by atoms with Gasteiger partial charge in [-0.15, -0.1) is 0 Å². The molecule has 2 aromatic rings. The molecule has 1 aromatic carbocycles. The average Bonchev–Trinajstić information content (AvgIpc) is 2.58. The van der Waals surface area contributed by atoms with Crippen molar-refractivity contribution in [3.8, 4) is 11.3 Å². The summed E-state index contributed by atoms with van der Waals surface area (Å²) in [4.78, 5) is 16.6. The molecule has 2 N–H and O–H groups in total. The number of hydrogen-bond acceptors (Lipinski definition) is 1. The molecule has 0 fully saturated rings. The number of aromatic nitrogens is 2. The van der Waals surface area contributed by atoms with Gasteiger partial charge in [-0.1, -0.05) is 31.2 Å². The Kier molecular flexibility index (Phi) is 2.46. The van der Waals surface area contributed by atoms with Gasteiger partial charge in [-0.05, 0) is 24.5 Å². The molecule has 0 atom stereocenters. The highest BCUT2D eigenvalue weighted by Gasteiger charge is 2.04. The van der Waals surface area contributed by atoms with Gasteiger partial charge in [-0.2, -0.15) is 0 Å². The number of hydrogen-bond donors (Lipinski definition) is 2. The molecule has 1 heterocycles. The zero-order chi connectivity index (χ0) is 10.8. The second-order valence-corrected chi connectivity index (χ2v) is 3.63. The van der Waals surface area contributed by atoms with Crippen LogP contribution in [0.3, 0.4) is 0 Å². The van der Waals surface area contributed by atoms with Gasteiger partial charge in [0.05, 0.1) is 5.69 Å². The van der Waals surface area contributed by atoms with Gasteiger partial charge in [0.1, 0.15) is 0 Å². The molecule has 3 heteroatoms. The average molecular weight is 202 g/mol. The number of nitrogens with one attached hydrogen (secondary N) is 2. The molecule has 15 heavy (non-hydrogen) atoms. The summed E-state index contributed by atoms with van der Waals surface area (Å²) in [6.07, 6.45) is 1.03. The third-order valence-corrected chi connectivity index (χ3v) is 2.57. The summed E-state index contributed by atoms with van der Waals surface area (Å²) in [5.74, 6) is 0. The smallest absolute Gasteiger partial charge is 0.310 e. The molecule has 0 amide bonds. The Hall–Kier alpha value is -1.77. The van der Waals surface area contributed by atoms with Crippen LogP contribution in [0.4, 0.5) is 0 Å². The van der Waals surface area contributed by atoms with Crippen LogP contribution >= 0.6 is 0 Å². The van der Waals surface area contributed by atoms with Crippen molar-refractivity contribution < 1.29 is 0 Å². The minimum Gasteiger partial charge on any atom is -0.310 e. The minimum atomic E-state index is -0.151. The van der Waals surface area contributed by atoms with E-state index in [1.807, 2.05) is 19.1 Å². The van der Waals surface area contributed by atoms with Crippen LogP contribution in [-0.2, 0) is 6.42 Å². The van der Waals surface area contributed by atoms with Crippen molar-refractivity contribution in [2.75, 3.05) is 0 Å². The standard InChI is InChI=1S/C12H14N2O/c1-3-9-4-6-10(7-5-9)11-8(2)13-12(15)14-11/h4-7H,3H2,1-2H3,(H2,13,14,15). The molecule has 3 nitrogen and oxygen atoms in total. The van der Waals surface area contributed by atoms with Crippen LogP contribution in [0.2, 0.25) is 0 Å². The van der Waals surface area contributed by atoms with Gasteiger partial charge in [0, 0.05) is 5.69 Å². The first-order chi connectivity index (χ1) is 7.20. The summed E-state index contributed by atoms with van der Waals surface area (Å²) in [5, 5.41) is 0. The van der Waals surface area contributed by atoms with Crippen molar-refractivity contribution in [1.29, 1.82) is 0 Å². The lowest BCUT2D eigenvalue weighted by molar-refractivity contribution is 1.14. The van der Waals surface area contributed by atoms with Crippen LogP contribution in [0.5, 0.6) is 0 Å². The fourth-order valence-electron chi connectivity index (χ4n) is 1.67. The zero-order valence-corrected chi connectivity index (χ0v) is 8.92. The monoisotopic (exact) mass is 202 g/mol. The topological polar surface area (TPSA) is 48.6 Å². The summed E-state index contributed by atoms with van der Waals surface area (Å²) in [6, 6.07) is 8.23. The van der Waals surface area contributed by atoms with Crippen LogP contribution in [0, 0.1) is 6.92 Å². The summed E-state index contributed by atoms with van der Waals surface area (Å²) in [7, 11) is 0. The van der Waals surface area contributed by atoms with Crippen LogP contribution in [0.15, 0.2) is 29.1 Å². The van der Waals surface area contributed by atoms with E-state index in [0.29, 0.717) is 0 Å². The van der Waals surface area contributed by atoms with Crippen LogP contribution in [0.25, 0.3) is 11.3 Å². The lowest BCUT2D eigenvalue weighted by Gasteiger charge is -2.01. The molecule has 0 radical (unpaired) electrons. The fraction of sp³-hybridized carbons (Fsp3) is 0.250. The normalized spacial score (nSPS) is 10.5. The molecule has 0 spiro atoms. The van der Waals surface area contributed by atoms with Crippen molar-refractivity contribution in [2.45, 2.75) is 20.3 Å². The van der Waals surface area contributed by atoms with Gasteiger partial charge in [-0.25, -0.2) is 4.79 Å². The maximum absolute atomic E-state index is 11.1. The number of aryl methyl sites for hydroxylation is 2. The Bertz CT molecular complexity index is 505. The molecule has 0 aliphatic carbocycles. The largest absolute Gasteiger partial charge is 0.323 e. The summed E-state index contributed by atoms with van der Waals surface area (Å²) >= 11 is 0. The first kappa shape index (κ1) is 9.77. The Morgan fingerprint density at radius 1 is 1.13 bits per heavy atom. The zero-order valence-electron chi connectivity index (χ0n) is 8.92. The third-order valence-electron chi connectivity index (χ3n) is 2.57. The third kappa shape index (κ3) is 1.86. The molecule has 0 aliphatic heterocycles. The maximum Gasteiger partial charge on any atom is 0.323 e. The lowest BCUT2D eigenvalue weighted by atomic mass is 10.1. The van der Waals surface area contributed by atoms with Gasteiger partial charge >= 0.3 is 5.69 Å². The Morgan fingerprint density at radius 2 is 1.80 bits per heavy atom. The number of aromatic amines is 2. The number of H-pyrrole nitrogens is 2. The van der Waals surface area contributed by atoms with Crippen molar-refractivity contribution in [1.82, 2.24) is 9.97 Å². The molecule has 78 valence electrons. The van der Waals surface area contributed by atoms with Crippen molar-refractivity contribution in [3.63, 3.8) is 0 Å². The molecular formula is C12H14N2O. The molecule has 2 rings (SSSR count). The number of benzene rings is 1. The molecule has 0 aliphatic rings. The molecule has 0 bridgehead atoms. The van der Waals surface area contributed by atoms with Gasteiger partial charge in [0.15, 0.2) is 0 Å². The summed E-state index contributed by atoms with van der Waals surface area (Å²) in [6.45, 7) is 4.01. The van der Waals surface area contributed by atoms with E-state index in [2.05, 4.69) is 29.0 Å². The van der Waals surface area contributed by atoms with Crippen LogP contribution in [0.1, 0.15) is 18.2 Å². The highest BCUT2D eigenvalue weighted by atomic mass is 16.1. The second-order valence-electron chi connectivity index (χ2n) is 3.63. The second kappa shape index (κ2) is 3.77. The quantitative estimate of drug-likeness (QED) is 0.770. The summed E-state index contributed by atoms with van der Waals surface area (Å²) in [5.41, 5.74) is 3.95. The van der Waals surface area contributed by atoms with E-state index in [-0.39, 0.29) is 5.69 Å². The molecule has 0 saturated heterocycles. The van der Waals surface area contributed by atoms with Gasteiger partial charge in [0.25, 0.3) is 0 Å². The van der Waals surface area contributed by atoms with E-state index in [9.17, 15) is 4.79 Å². The Balaban J connectivity index is 2.45. The predicted octanol–water partition coefficient (Wildman–Crippen LogP) is 2.24. The highest BCUT2D eigenvalue weighted by Crippen LogP contribution is 2.18. The number of imidazole rings is 1. The van der Waals surface area contributed by atoms with Crippen molar-refractivity contribution in [3.05, 3.63) is 46.0 Å². The van der Waals surface area contributed by atoms with E-state index in [1.54, 1.807) is 0 Å². The van der Waals surface area contributed by atoms with Gasteiger partial charge in [0.2, 0.25) is 0 Å². The highest BCUT2D eigenvalue weighted by molar-refractivity contribution is 5.61. The van der Waals surface area contributed by atoms with E-state index in [1.165, 1.54) is 5.56 Å². The first-order valence-electron chi connectivity index (χ1n) is 5.09. The van der Waals surface area contributed by atoms with Crippen molar-refractivity contribution in [2.24, 2.45) is 0 Å². The first-order valence-corrected chi connectivity index (χ1v) is 5.09. The van der Waals surface area contributed by atoms with E-state index >= 15 is 0 Å². The van der Waals surface area contributed by atoms with Crippen LogP contribution in [-0.4, -0.2) is 9.97 Å². The fourth-order valence-corrected chi connectivity index (χ4v) is 1.67. The minimum absolute atomic E-state index is 0.151. The SMILES string of the molecule is CCc1ccc(-c2[nH]c(=O)[nH]c2C)cc1. The van der Waals surface area contributed by atoms with Crippen LogP contribution < -0.4 is 5.69 Å². The van der Waals surface area contributed by atoms with E-state index in [4.69, 9.17) is 0 Å². The predicted molar refractivity (Wildman–Crippen MR) is 61.0 cm³/mol. The van der Waals surface area contributed by atoms with E-state index in [0.717, 1.165) is 23.4 Å². The lowest BCUT2D eigenvalue weighted by Crippen LogP contribution is -2.00. The van der Waals surface area contributed by atoms with Gasteiger partial charge < -0.3 is 9.97 Å². The van der Waals surface area contributed by atoms with E-state index < -0.39 is 0 Å². The Morgan fingerprint density at radius 3 is 2.27 bits per heavy atom. The van der Waals surface area contributed by atoms with Gasteiger partial charge in [-0.3, -0.25) is 0 Å². The molecule has 1 aromatic heterocycles. The molecule has 0 unspecified atom stereocenters. The number of rotatable bonds is 2. The molecular weight excluding hydrogens is 188 g/mol. The Labute approximate surface area is 88.2 Å². The summed E-state index contributed by atoms with van der Waals surface area (Å²) < 4.78 is 0. The maximum atomic E-state index is 11.1. The molecule has 0 saturated carbocycles. The van der Waals surface area contributed by atoms with Crippen molar-refractivity contribution >= 4 is 0 Å².